The monoisotopic (exact) mass is 339 g/mol. The van der Waals surface area contributed by atoms with Crippen LogP contribution in [0.1, 0.15) is 50.2 Å². The SMILES string of the molecule is CC(C)c1nc(C2CCN(c3noc(-c4ccccc4)n3)CC2)no1. The minimum absolute atomic E-state index is 0.261. The smallest absolute Gasteiger partial charge is 0.266 e. The first-order valence-corrected chi connectivity index (χ1v) is 8.68. The van der Waals surface area contributed by atoms with Gasteiger partial charge < -0.3 is 13.9 Å². The minimum Gasteiger partial charge on any atom is -0.339 e. The number of rotatable bonds is 4. The van der Waals surface area contributed by atoms with Crippen molar-refractivity contribution in [2.24, 2.45) is 0 Å². The van der Waals surface area contributed by atoms with Gasteiger partial charge in [0.05, 0.1) is 0 Å². The van der Waals surface area contributed by atoms with Crippen LogP contribution in [0.3, 0.4) is 0 Å². The average Bonchev–Trinajstić information content (AvgIpc) is 3.33. The highest BCUT2D eigenvalue weighted by Crippen LogP contribution is 2.29. The summed E-state index contributed by atoms with van der Waals surface area (Å²) in [6.07, 6.45) is 1.90. The van der Waals surface area contributed by atoms with Gasteiger partial charge in [-0.15, -0.1) is 0 Å². The van der Waals surface area contributed by atoms with Crippen molar-refractivity contribution in [3.63, 3.8) is 0 Å². The van der Waals surface area contributed by atoms with E-state index >= 15 is 0 Å². The van der Waals surface area contributed by atoms with E-state index in [2.05, 4.69) is 39.0 Å². The average molecular weight is 339 g/mol. The van der Waals surface area contributed by atoms with Gasteiger partial charge >= 0.3 is 0 Å². The Morgan fingerprint density at radius 3 is 2.44 bits per heavy atom. The molecule has 1 aromatic carbocycles. The van der Waals surface area contributed by atoms with Crippen LogP contribution >= 0.6 is 0 Å². The van der Waals surface area contributed by atoms with E-state index < -0.39 is 0 Å². The molecule has 0 amide bonds. The summed E-state index contributed by atoms with van der Waals surface area (Å²) < 4.78 is 10.7. The molecule has 0 unspecified atom stereocenters. The van der Waals surface area contributed by atoms with Gasteiger partial charge in [0.25, 0.3) is 11.8 Å². The Hall–Kier alpha value is -2.70. The molecule has 0 radical (unpaired) electrons. The van der Waals surface area contributed by atoms with E-state index in [1.54, 1.807) is 0 Å². The molecule has 3 aromatic rings. The van der Waals surface area contributed by atoms with Crippen molar-refractivity contribution in [1.29, 1.82) is 0 Å². The topological polar surface area (TPSA) is 81.1 Å². The van der Waals surface area contributed by atoms with Crippen molar-refractivity contribution in [2.75, 3.05) is 18.0 Å². The van der Waals surface area contributed by atoms with Crippen LogP contribution in [0.15, 0.2) is 39.4 Å². The van der Waals surface area contributed by atoms with Gasteiger partial charge in [0.1, 0.15) is 0 Å². The number of piperidine rings is 1. The predicted molar refractivity (Wildman–Crippen MR) is 92.3 cm³/mol. The Balaban J connectivity index is 1.41. The normalized spacial score (nSPS) is 15.9. The molecule has 0 N–H and O–H groups in total. The van der Waals surface area contributed by atoms with Gasteiger partial charge in [-0.2, -0.15) is 9.97 Å². The third kappa shape index (κ3) is 3.26. The molecule has 1 aliphatic heterocycles. The molecule has 7 nitrogen and oxygen atoms in total. The Bertz CT molecular complexity index is 819. The van der Waals surface area contributed by atoms with Crippen LogP contribution in [0.25, 0.3) is 11.5 Å². The highest BCUT2D eigenvalue weighted by Gasteiger charge is 2.27. The van der Waals surface area contributed by atoms with Gasteiger partial charge in [0.15, 0.2) is 5.82 Å². The molecule has 0 spiro atoms. The fourth-order valence-electron chi connectivity index (χ4n) is 3.03. The lowest BCUT2D eigenvalue weighted by atomic mass is 9.96. The molecule has 1 aliphatic rings. The first-order chi connectivity index (χ1) is 12.2. The quantitative estimate of drug-likeness (QED) is 0.718. The van der Waals surface area contributed by atoms with Gasteiger partial charge in [0.2, 0.25) is 5.89 Å². The summed E-state index contributed by atoms with van der Waals surface area (Å²) in [5.41, 5.74) is 0.934. The molecule has 0 aliphatic carbocycles. The maximum atomic E-state index is 5.40. The zero-order valence-electron chi connectivity index (χ0n) is 14.4. The van der Waals surface area contributed by atoms with Crippen molar-refractivity contribution in [2.45, 2.75) is 38.5 Å². The molecule has 0 atom stereocenters. The maximum Gasteiger partial charge on any atom is 0.266 e. The Morgan fingerprint density at radius 2 is 1.76 bits per heavy atom. The summed E-state index contributed by atoms with van der Waals surface area (Å²) in [5.74, 6) is 3.32. The number of anilines is 1. The molecule has 3 heterocycles. The van der Waals surface area contributed by atoms with Gasteiger partial charge in [-0.05, 0) is 30.1 Å². The van der Waals surface area contributed by atoms with Crippen LogP contribution in [0.2, 0.25) is 0 Å². The summed E-state index contributed by atoms with van der Waals surface area (Å²) in [6.45, 7) is 5.81. The van der Waals surface area contributed by atoms with Gasteiger partial charge in [-0.25, -0.2) is 0 Å². The summed E-state index contributed by atoms with van der Waals surface area (Å²) in [4.78, 5) is 11.2. The molecular weight excluding hydrogens is 318 g/mol. The van der Waals surface area contributed by atoms with Crippen LogP contribution in [-0.4, -0.2) is 33.4 Å². The summed E-state index contributed by atoms with van der Waals surface area (Å²) >= 11 is 0. The first-order valence-electron chi connectivity index (χ1n) is 8.68. The second-order valence-corrected chi connectivity index (χ2v) is 6.67. The van der Waals surface area contributed by atoms with Crippen LogP contribution in [0.5, 0.6) is 0 Å². The van der Waals surface area contributed by atoms with E-state index in [0.717, 1.165) is 37.3 Å². The Kier molecular flexibility index (Phi) is 4.21. The highest BCUT2D eigenvalue weighted by molar-refractivity contribution is 5.54. The van der Waals surface area contributed by atoms with Crippen molar-refractivity contribution in [3.05, 3.63) is 42.0 Å². The zero-order valence-corrected chi connectivity index (χ0v) is 14.4. The number of hydrogen-bond acceptors (Lipinski definition) is 7. The number of hydrogen-bond donors (Lipinski definition) is 0. The summed E-state index contributed by atoms with van der Waals surface area (Å²) in [5, 5.41) is 8.28. The van der Waals surface area contributed by atoms with E-state index in [9.17, 15) is 0 Å². The Labute approximate surface area is 146 Å². The van der Waals surface area contributed by atoms with Crippen molar-refractivity contribution in [3.8, 4) is 11.5 Å². The van der Waals surface area contributed by atoms with Gasteiger partial charge in [-0.3, -0.25) is 0 Å². The van der Waals surface area contributed by atoms with E-state index in [1.807, 2.05) is 30.3 Å². The standard InChI is InChI=1S/C18H21N5O2/c1-12(2)16-19-15(21-24-16)13-8-10-23(11-9-13)18-20-17(25-22-18)14-6-4-3-5-7-14/h3-7,12-13H,8-11H2,1-2H3. The molecular formula is C18H21N5O2. The third-order valence-electron chi connectivity index (χ3n) is 4.53. The van der Waals surface area contributed by atoms with E-state index in [1.165, 1.54) is 0 Å². The minimum atomic E-state index is 0.261. The van der Waals surface area contributed by atoms with E-state index in [4.69, 9.17) is 9.05 Å². The van der Waals surface area contributed by atoms with E-state index in [0.29, 0.717) is 23.6 Å². The number of benzene rings is 1. The lowest BCUT2D eigenvalue weighted by Crippen LogP contribution is -2.33. The lowest BCUT2D eigenvalue weighted by Gasteiger charge is -2.29. The van der Waals surface area contributed by atoms with Crippen molar-refractivity contribution in [1.82, 2.24) is 20.3 Å². The number of nitrogens with zero attached hydrogens (tertiary/aromatic N) is 5. The highest BCUT2D eigenvalue weighted by atomic mass is 16.5. The lowest BCUT2D eigenvalue weighted by molar-refractivity contribution is 0.353. The molecule has 4 rings (SSSR count). The molecule has 130 valence electrons. The first kappa shape index (κ1) is 15.8. The molecule has 1 fully saturated rings. The molecule has 1 saturated heterocycles. The second-order valence-electron chi connectivity index (χ2n) is 6.67. The van der Waals surface area contributed by atoms with E-state index in [-0.39, 0.29) is 5.92 Å². The number of aromatic nitrogens is 4. The molecule has 25 heavy (non-hydrogen) atoms. The molecule has 7 heteroatoms. The molecule has 2 aromatic heterocycles. The fraction of sp³-hybridized carbons (Fsp3) is 0.444. The van der Waals surface area contributed by atoms with Crippen LogP contribution in [0.4, 0.5) is 5.95 Å². The Morgan fingerprint density at radius 1 is 1.00 bits per heavy atom. The van der Waals surface area contributed by atoms with Gasteiger partial charge in [0, 0.05) is 30.5 Å². The van der Waals surface area contributed by atoms with Crippen LogP contribution in [0, 0.1) is 0 Å². The molecule has 0 bridgehead atoms. The van der Waals surface area contributed by atoms with Crippen molar-refractivity contribution < 1.29 is 9.05 Å². The third-order valence-corrected chi connectivity index (χ3v) is 4.53. The summed E-state index contributed by atoms with van der Waals surface area (Å²) in [6, 6.07) is 9.81. The molecule has 0 saturated carbocycles. The van der Waals surface area contributed by atoms with Crippen LogP contribution < -0.4 is 4.90 Å². The predicted octanol–water partition coefficient (Wildman–Crippen LogP) is 3.63. The van der Waals surface area contributed by atoms with Crippen molar-refractivity contribution >= 4 is 5.95 Å². The van der Waals surface area contributed by atoms with Crippen LogP contribution in [-0.2, 0) is 0 Å². The summed E-state index contributed by atoms with van der Waals surface area (Å²) in [7, 11) is 0. The maximum absolute atomic E-state index is 5.40. The zero-order chi connectivity index (χ0) is 17.2. The van der Waals surface area contributed by atoms with Gasteiger partial charge in [-0.1, -0.05) is 37.2 Å². The largest absolute Gasteiger partial charge is 0.339 e. The fourth-order valence-corrected chi connectivity index (χ4v) is 3.03. The second kappa shape index (κ2) is 6.66.